The zero-order valence-electron chi connectivity index (χ0n) is 21.3. The van der Waals surface area contributed by atoms with Crippen molar-refractivity contribution < 1.29 is 18.8 Å². The third-order valence-electron chi connectivity index (χ3n) is 5.52. The van der Waals surface area contributed by atoms with E-state index >= 15 is 0 Å². The van der Waals surface area contributed by atoms with Gasteiger partial charge in [0.2, 0.25) is 5.91 Å². The number of amides is 3. The highest BCUT2D eigenvalue weighted by molar-refractivity contribution is 8.00. The Kier molecular flexibility index (Phi) is 10.1. The second-order valence-corrected chi connectivity index (χ2v) is 10.7. The first kappa shape index (κ1) is 29.0. The van der Waals surface area contributed by atoms with Gasteiger partial charge in [-0.25, -0.2) is 0 Å². The largest absolute Gasteiger partial charge is 0.465 e. The molecule has 204 valence electrons. The number of anilines is 2. The zero-order valence-corrected chi connectivity index (χ0v) is 23.6. The number of halogens is 2. The first-order valence-electron chi connectivity index (χ1n) is 12.3. The van der Waals surface area contributed by atoms with Crippen LogP contribution in [0.1, 0.15) is 29.5 Å². The highest BCUT2D eigenvalue weighted by Crippen LogP contribution is 2.30. The summed E-state index contributed by atoms with van der Waals surface area (Å²) in [4.78, 5) is 39.7. The van der Waals surface area contributed by atoms with Gasteiger partial charge in [-0.1, -0.05) is 54.4 Å². The van der Waals surface area contributed by atoms with Gasteiger partial charge in [-0.05, 0) is 67.1 Å². The Labute approximate surface area is 245 Å². The maximum absolute atomic E-state index is 13.2. The van der Waals surface area contributed by atoms with Crippen LogP contribution < -0.4 is 16.0 Å². The van der Waals surface area contributed by atoms with Gasteiger partial charge < -0.3 is 20.4 Å². The molecule has 0 saturated carbocycles. The molecule has 4 rings (SSSR count). The molecule has 40 heavy (non-hydrogen) atoms. The van der Waals surface area contributed by atoms with Crippen LogP contribution in [0.3, 0.4) is 0 Å². The quantitative estimate of drug-likeness (QED) is 0.130. The summed E-state index contributed by atoms with van der Waals surface area (Å²) in [6.45, 7) is 1.91. The van der Waals surface area contributed by atoms with Crippen LogP contribution in [0, 0.1) is 0 Å². The van der Waals surface area contributed by atoms with E-state index in [0.29, 0.717) is 39.2 Å². The van der Waals surface area contributed by atoms with Gasteiger partial charge in [0.1, 0.15) is 11.5 Å². The molecule has 3 aromatic carbocycles. The van der Waals surface area contributed by atoms with Gasteiger partial charge in [-0.3, -0.25) is 14.4 Å². The number of thioether (sulfide) groups is 1. The van der Waals surface area contributed by atoms with Crippen molar-refractivity contribution in [2.75, 3.05) is 10.6 Å². The van der Waals surface area contributed by atoms with Gasteiger partial charge in [0.25, 0.3) is 11.8 Å². The zero-order chi connectivity index (χ0) is 28.5. The molecule has 0 spiro atoms. The molecule has 0 saturated heterocycles. The predicted octanol–water partition coefficient (Wildman–Crippen LogP) is 7.51. The predicted molar refractivity (Wildman–Crippen MR) is 161 cm³/mol. The Morgan fingerprint density at radius 2 is 1.62 bits per heavy atom. The fraction of sp³-hybridized carbons (Fsp3) is 0.100. The SMILES string of the molecule is CCC(Sc1cccc(NC(=O)/C(=C/c2ccco2)NC(=O)c2ccccc2)c1)C(=O)Nc1cc(Cl)cc(Cl)c1. The molecule has 1 heterocycles. The van der Waals surface area contributed by atoms with E-state index in [1.807, 2.05) is 13.0 Å². The van der Waals surface area contributed by atoms with Crippen LogP contribution in [-0.2, 0) is 9.59 Å². The Hall–Kier alpha value is -3.98. The lowest BCUT2D eigenvalue weighted by atomic mass is 10.2. The average Bonchev–Trinajstić information content (AvgIpc) is 3.44. The van der Waals surface area contributed by atoms with Gasteiger partial charge in [0, 0.05) is 38.0 Å². The van der Waals surface area contributed by atoms with Gasteiger partial charge in [0.05, 0.1) is 11.5 Å². The molecule has 0 bridgehead atoms. The summed E-state index contributed by atoms with van der Waals surface area (Å²) in [6, 6.07) is 23.9. The van der Waals surface area contributed by atoms with Crippen LogP contribution in [0.25, 0.3) is 6.08 Å². The molecule has 1 unspecified atom stereocenters. The minimum Gasteiger partial charge on any atom is -0.465 e. The summed E-state index contributed by atoms with van der Waals surface area (Å²) >= 11 is 13.5. The molecule has 1 aromatic heterocycles. The summed E-state index contributed by atoms with van der Waals surface area (Å²) in [6.07, 6.45) is 3.49. The summed E-state index contributed by atoms with van der Waals surface area (Å²) < 4.78 is 5.34. The molecule has 1 atom stereocenters. The number of hydrogen-bond acceptors (Lipinski definition) is 5. The smallest absolute Gasteiger partial charge is 0.272 e. The second-order valence-electron chi connectivity index (χ2n) is 8.54. The van der Waals surface area contributed by atoms with Crippen LogP contribution in [-0.4, -0.2) is 23.0 Å². The molecule has 0 radical (unpaired) electrons. The fourth-order valence-corrected chi connectivity index (χ4v) is 5.18. The maximum atomic E-state index is 13.2. The van der Waals surface area contributed by atoms with Crippen LogP contribution in [0.2, 0.25) is 10.0 Å². The van der Waals surface area contributed by atoms with E-state index in [-0.39, 0.29) is 11.6 Å². The first-order chi connectivity index (χ1) is 19.3. The first-order valence-corrected chi connectivity index (χ1v) is 13.9. The molecule has 0 aliphatic rings. The van der Waals surface area contributed by atoms with Crippen molar-refractivity contribution in [2.24, 2.45) is 0 Å². The Morgan fingerprint density at radius 3 is 2.30 bits per heavy atom. The Balaban J connectivity index is 1.47. The standard InChI is InChI=1S/C30H25Cl2N3O4S/c1-2-27(30(38)34-23-15-20(31)14-21(32)16-23)40-25-12-6-10-22(17-25)33-29(37)26(18-24-11-7-13-39-24)35-28(36)19-8-4-3-5-9-19/h3-18,27H,2H2,1H3,(H,33,37)(H,34,38)(H,35,36)/b26-18-. The third-order valence-corrected chi connectivity index (χ3v) is 7.32. The van der Waals surface area contributed by atoms with E-state index in [1.165, 1.54) is 24.1 Å². The van der Waals surface area contributed by atoms with Crippen molar-refractivity contribution in [3.63, 3.8) is 0 Å². The summed E-state index contributed by atoms with van der Waals surface area (Å²) in [5, 5.41) is 8.77. The topological polar surface area (TPSA) is 100 Å². The van der Waals surface area contributed by atoms with Crippen LogP contribution >= 0.6 is 35.0 Å². The lowest BCUT2D eigenvalue weighted by Crippen LogP contribution is -2.30. The van der Waals surface area contributed by atoms with Crippen molar-refractivity contribution in [2.45, 2.75) is 23.5 Å². The average molecular weight is 595 g/mol. The summed E-state index contributed by atoms with van der Waals surface area (Å²) in [7, 11) is 0. The Bertz CT molecular complexity index is 1500. The highest BCUT2D eigenvalue weighted by Gasteiger charge is 2.20. The third kappa shape index (κ3) is 8.26. The molecular formula is C30H25Cl2N3O4S. The number of rotatable bonds is 10. The lowest BCUT2D eigenvalue weighted by molar-refractivity contribution is -0.116. The highest BCUT2D eigenvalue weighted by atomic mass is 35.5. The molecule has 3 N–H and O–H groups in total. The molecule has 0 fully saturated rings. The minimum atomic E-state index is -0.537. The monoisotopic (exact) mass is 593 g/mol. The molecule has 3 amide bonds. The molecule has 10 heteroatoms. The number of carbonyl (C=O) groups is 3. The Morgan fingerprint density at radius 1 is 0.875 bits per heavy atom. The number of hydrogen-bond donors (Lipinski definition) is 3. The van der Waals surface area contributed by atoms with E-state index in [4.69, 9.17) is 27.6 Å². The van der Waals surface area contributed by atoms with Crippen molar-refractivity contribution in [3.05, 3.63) is 118 Å². The molecule has 7 nitrogen and oxygen atoms in total. The number of benzene rings is 3. The van der Waals surface area contributed by atoms with Gasteiger partial charge in [-0.2, -0.15) is 0 Å². The lowest BCUT2D eigenvalue weighted by Gasteiger charge is -2.16. The second kappa shape index (κ2) is 13.9. The van der Waals surface area contributed by atoms with Gasteiger partial charge in [0.15, 0.2) is 0 Å². The van der Waals surface area contributed by atoms with E-state index in [9.17, 15) is 14.4 Å². The summed E-state index contributed by atoms with van der Waals surface area (Å²) in [5.41, 5.74) is 1.41. The summed E-state index contributed by atoms with van der Waals surface area (Å²) in [5.74, 6) is -0.769. The van der Waals surface area contributed by atoms with Gasteiger partial charge in [-0.15, -0.1) is 11.8 Å². The van der Waals surface area contributed by atoms with Crippen LogP contribution in [0.15, 0.2) is 106 Å². The van der Waals surface area contributed by atoms with E-state index in [1.54, 1.807) is 78.9 Å². The molecular weight excluding hydrogens is 569 g/mol. The van der Waals surface area contributed by atoms with Crippen LogP contribution in [0.4, 0.5) is 11.4 Å². The molecule has 4 aromatic rings. The minimum absolute atomic E-state index is 0.00727. The van der Waals surface area contributed by atoms with E-state index in [2.05, 4.69) is 16.0 Å². The van der Waals surface area contributed by atoms with Crippen LogP contribution in [0.5, 0.6) is 0 Å². The van der Waals surface area contributed by atoms with Crippen molar-refractivity contribution in [3.8, 4) is 0 Å². The number of nitrogens with one attached hydrogen (secondary N) is 3. The van der Waals surface area contributed by atoms with Gasteiger partial charge >= 0.3 is 0 Å². The van der Waals surface area contributed by atoms with Crippen molar-refractivity contribution >= 4 is 70.1 Å². The molecule has 0 aliphatic carbocycles. The van der Waals surface area contributed by atoms with E-state index < -0.39 is 17.1 Å². The van der Waals surface area contributed by atoms with E-state index in [0.717, 1.165) is 4.90 Å². The number of furan rings is 1. The maximum Gasteiger partial charge on any atom is 0.272 e. The number of carbonyl (C=O) groups excluding carboxylic acids is 3. The van der Waals surface area contributed by atoms with Crippen molar-refractivity contribution in [1.29, 1.82) is 0 Å². The fourth-order valence-electron chi connectivity index (χ4n) is 3.64. The van der Waals surface area contributed by atoms with Crippen molar-refractivity contribution in [1.82, 2.24) is 5.32 Å². The molecule has 0 aliphatic heterocycles. The normalized spacial score (nSPS) is 11.9.